The lowest BCUT2D eigenvalue weighted by molar-refractivity contribution is -0.130. The van der Waals surface area contributed by atoms with Crippen molar-refractivity contribution in [2.45, 2.75) is 25.8 Å². The number of urea groups is 1. The lowest BCUT2D eigenvalue weighted by atomic mass is 10.00. The Hall–Kier alpha value is -2.24. The van der Waals surface area contributed by atoms with Gasteiger partial charge in [0.15, 0.2) is 0 Å². The predicted octanol–water partition coefficient (Wildman–Crippen LogP) is 1.88. The molecule has 2 rings (SSSR count). The fourth-order valence-corrected chi connectivity index (χ4v) is 1.71. The zero-order chi connectivity index (χ0) is 14.0. The van der Waals surface area contributed by atoms with E-state index in [1.54, 1.807) is 26.0 Å². The number of hydrazone groups is 1. The van der Waals surface area contributed by atoms with Crippen molar-refractivity contribution in [2.24, 2.45) is 5.10 Å². The first kappa shape index (κ1) is 13.2. The number of amides is 3. The first-order valence-corrected chi connectivity index (χ1v) is 5.93. The van der Waals surface area contributed by atoms with E-state index in [1.807, 2.05) is 0 Å². The number of nitrogens with one attached hydrogen (secondary N) is 1. The standard InChI is InChI=1S/C13H14FN3O2/c1-3-13(2)11(18)17(12(19)16-13)15-8-9-6-4-5-7-10(9)14/h4-8H,3H2,1-2H3,(H,16,19)/b15-8-/t13-/m1/s1. The molecule has 1 aromatic rings. The molecule has 1 aliphatic heterocycles. The second kappa shape index (κ2) is 4.79. The van der Waals surface area contributed by atoms with Crippen LogP contribution in [0, 0.1) is 5.82 Å². The second-order valence-corrected chi connectivity index (χ2v) is 4.50. The number of nitrogens with zero attached hydrogens (tertiary/aromatic N) is 2. The number of benzene rings is 1. The molecule has 0 saturated carbocycles. The van der Waals surface area contributed by atoms with Crippen LogP contribution in [0.5, 0.6) is 0 Å². The molecule has 0 spiro atoms. The van der Waals surface area contributed by atoms with E-state index in [-0.39, 0.29) is 5.56 Å². The minimum Gasteiger partial charge on any atom is -0.322 e. The Morgan fingerprint density at radius 3 is 2.68 bits per heavy atom. The summed E-state index contributed by atoms with van der Waals surface area (Å²) < 4.78 is 13.4. The summed E-state index contributed by atoms with van der Waals surface area (Å²) in [5.74, 6) is -0.899. The molecule has 0 unspecified atom stereocenters. The molecule has 3 amide bonds. The summed E-state index contributed by atoms with van der Waals surface area (Å²) >= 11 is 0. The van der Waals surface area contributed by atoms with Crippen LogP contribution in [0.15, 0.2) is 29.4 Å². The van der Waals surface area contributed by atoms with Gasteiger partial charge in [0.1, 0.15) is 11.4 Å². The lowest BCUT2D eigenvalue weighted by Crippen LogP contribution is -2.42. The highest BCUT2D eigenvalue weighted by Gasteiger charge is 2.46. The van der Waals surface area contributed by atoms with Gasteiger partial charge in [-0.05, 0) is 19.4 Å². The maximum absolute atomic E-state index is 13.4. The molecule has 0 aromatic heterocycles. The summed E-state index contributed by atoms with van der Waals surface area (Å²) in [6.45, 7) is 3.42. The Morgan fingerprint density at radius 1 is 1.42 bits per heavy atom. The molecule has 0 bridgehead atoms. The first-order chi connectivity index (χ1) is 8.98. The van der Waals surface area contributed by atoms with Crippen LogP contribution in [-0.4, -0.2) is 28.7 Å². The second-order valence-electron chi connectivity index (χ2n) is 4.50. The number of imide groups is 1. The average molecular weight is 263 g/mol. The SMILES string of the molecule is CC[C@@]1(C)NC(=O)N(/N=C\c2ccccc2F)C1=O. The largest absolute Gasteiger partial charge is 0.346 e. The highest BCUT2D eigenvalue weighted by atomic mass is 19.1. The van der Waals surface area contributed by atoms with Gasteiger partial charge in [0.2, 0.25) is 0 Å². The number of rotatable bonds is 3. The third-order valence-corrected chi connectivity index (χ3v) is 3.16. The summed E-state index contributed by atoms with van der Waals surface area (Å²) in [5.41, 5.74) is -0.725. The van der Waals surface area contributed by atoms with E-state index in [2.05, 4.69) is 10.4 Å². The monoisotopic (exact) mass is 263 g/mol. The minimum atomic E-state index is -0.941. The number of halogens is 1. The van der Waals surface area contributed by atoms with Gasteiger partial charge < -0.3 is 5.32 Å². The van der Waals surface area contributed by atoms with E-state index in [0.717, 1.165) is 11.2 Å². The molecule has 19 heavy (non-hydrogen) atoms. The zero-order valence-corrected chi connectivity index (χ0v) is 10.7. The van der Waals surface area contributed by atoms with E-state index >= 15 is 0 Å². The van der Waals surface area contributed by atoms with Crippen LogP contribution in [0.1, 0.15) is 25.8 Å². The van der Waals surface area contributed by atoms with E-state index < -0.39 is 23.3 Å². The molecule has 1 saturated heterocycles. The molecule has 1 heterocycles. The van der Waals surface area contributed by atoms with Crippen LogP contribution >= 0.6 is 0 Å². The highest BCUT2D eigenvalue weighted by Crippen LogP contribution is 2.20. The van der Waals surface area contributed by atoms with E-state index in [0.29, 0.717) is 6.42 Å². The summed E-state index contributed by atoms with van der Waals surface area (Å²) in [6.07, 6.45) is 1.62. The molecule has 1 aliphatic rings. The fraction of sp³-hybridized carbons (Fsp3) is 0.308. The Kier molecular flexibility index (Phi) is 3.33. The third kappa shape index (κ3) is 2.33. The van der Waals surface area contributed by atoms with Crippen LogP contribution in [0.2, 0.25) is 0 Å². The Balaban J connectivity index is 2.23. The van der Waals surface area contributed by atoms with Crippen LogP contribution in [0.3, 0.4) is 0 Å². The normalized spacial score (nSPS) is 23.2. The topological polar surface area (TPSA) is 61.8 Å². The number of hydrogen-bond acceptors (Lipinski definition) is 3. The molecular formula is C13H14FN3O2. The van der Waals surface area contributed by atoms with Crippen molar-refractivity contribution in [3.8, 4) is 0 Å². The van der Waals surface area contributed by atoms with Crippen LogP contribution in [-0.2, 0) is 4.79 Å². The average Bonchev–Trinajstić information content (AvgIpc) is 2.61. The van der Waals surface area contributed by atoms with Crippen LogP contribution in [0.4, 0.5) is 9.18 Å². The molecule has 0 radical (unpaired) electrons. The molecule has 1 atom stereocenters. The summed E-state index contributed by atoms with van der Waals surface area (Å²) in [6, 6.07) is 5.39. The van der Waals surface area contributed by atoms with Gasteiger partial charge in [-0.1, -0.05) is 25.1 Å². The van der Waals surface area contributed by atoms with Gasteiger partial charge in [0.05, 0.1) is 6.21 Å². The minimum absolute atomic E-state index is 0.216. The summed E-state index contributed by atoms with van der Waals surface area (Å²) in [5, 5.41) is 7.06. The fourth-order valence-electron chi connectivity index (χ4n) is 1.71. The van der Waals surface area contributed by atoms with E-state index in [9.17, 15) is 14.0 Å². The molecule has 1 fully saturated rings. The van der Waals surface area contributed by atoms with Crippen molar-refractivity contribution in [1.82, 2.24) is 10.3 Å². The summed E-state index contributed by atoms with van der Waals surface area (Å²) in [7, 11) is 0. The van der Waals surface area contributed by atoms with Gasteiger partial charge in [-0.3, -0.25) is 4.79 Å². The summed E-state index contributed by atoms with van der Waals surface area (Å²) in [4.78, 5) is 23.7. The van der Waals surface area contributed by atoms with Gasteiger partial charge in [-0.15, -0.1) is 5.01 Å². The molecule has 1 aromatic carbocycles. The Bertz CT molecular complexity index is 559. The van der Waals surface area contributed by atoms with Gasteiger partial charge in [-0.2, -0.15) is 5.10 Å². The molecule has 0 aliphatic carbocycles. The smallest absolute Gasteiger partial charge is 0.322 e. The number of hydrogen-bond donors (Lipinski definition) is 1. The Labute approximate surface area is 110 Å². The maximum Gasteiger partial charge on any atom is 0.346 e. The van der Waals surface area contributed by atoms with E-state index in [4.69, 9.17) is 0 Å². The third-order valence-electron chi connectivity index (χ3n) is 3.16. The van der Waals surface area contributed by atoms with Crippen LogP contribution in [0.25, 0.3) is 0 Å². The Morgan fingerprint density at radius 2 is 2.11 bits per heavy atom. The van der Waals surface area contributed by atoms with Crippen molar-refractivity contribution in [3.05, 3.63) is 35.6 Å². The van der Waals surface area contributed by atoms with Crippen LogP contribution < -0.4 is 5.32 Å². The molecule has 5 nitrogen and oxygen atoms in total. The van der Waals surface area contributed by atoms with Gasteiger partial charge in [0.25, 0.3) is 5.91 Å². The quantitative estimate of drug-likeness (QED) is 0.668. The van der Waals surface area contributed by atoms with Crippen molar-refractivity contribution in [2.75, 3.05) is 0 Å². The molecule has 1 N–H and O–H groups in total. The molecular weight excluding hydrogens is 249 g/mol. The molecule has 100 valence electrons. The van der Waals surface area contributed by atoms with Crippen molar-refractivity contribution in [3.63, 3.8) is 0 Å². The lowest BCUT2D eigenvalue weighted by Gasteiger charge is -2.17. The first-order valence-electron chi connectivity index (χ1n) is 5.93. The maximum atomic E-state index is 13.4. The van der Waals surface area contributed by atoms with Crippen molar-refractivity contribution < 1.29 is 14.0 Å². The van der Waals surface area contributed by atoms with Gasteiger partial charge in [0, 0.05) is 5.56 Å². The highest BCUT2D eigenvalue weighted by molar-refractivity contribution is 6.07. The van der Waals surface area contributed by atoms with Gasteiger partial charge in [-0.25, -0.2) is 9.18 Å². The van der Waals surface area contributed by atoms with Crippen molar-refractivity contribution in [1.29, 1.82) is 0 Å². The zero-order valence-electron chi connectivity index (χ0n) is 10.7. The van der Waals surface area contributed by atoms with Crippen molar-refractivity contribution >= 4 is 18.2 Å². The van der Waals surface area contributed by atoms with E-state index in [1.165, 1.54) is 12.1 Å². The number of carbonyl (C=O) groups is 2. The number of carbonyl (C=O) groups excluding carboxylic acids is 2. The molecule has 6 heteroatoms. The van der Waals surface area contributed by atoms with Gasteiger partial charge >= 0.3 is 6.03 Å². The predicted molar refractivity (Wildman–Crippen MR) is 68.1 cm³/mol.